The van der Waals surface area contributed by atoms with Gasteiger partial charge in [-0.1, -0.05) is 6.07 Å². The number of carbonyl (C=O) groups is 1. The molecule has 1 aromatic carbocycles. The van der Waals surface area contributed by atoms with E-state index in [-0.39, 0.29) is 18.0 Å². The van der Waals surface area contributed by atoms with Crippen LogP contribution in [0.25, 0.3) is 0 Å². The van der Waals surface area contributed by atoms with Crippen molar-refractivity contribution in [2.45, 2.75) is 6.54 Å². The van der Waals surface area contributed by atoms with Crippen molar-refractivity contribution in [3.8, 4) is 0 Å². The summed E-state index contributed by atoms with van der Waals surface area (Å²) in [6, 6.07) is 7.27. The summed E-state index contributed by atoms with van der Waals surface area (Å²) < 4.78 is 13.0. The molecule has 2 aromatic rings. The van der Waals surface area contributed by atoms with Gasteiger partial charge in [-0.15, -0.1) is 0 Å². The van der Waals surface area contributed by atoms with Crippen molar-refractivity contribution in [1.29, 1.82) is 0 Å². The SMILES string of the molecule is CN(C)c1nccc(CNC(=O)c2cccc(F)c2)n1. The van der Waals surface area contributed by atoms with Gasteiger partial charge in [-0.05, 0) is 24.3 Å². The quantitative estimate of drug-likeness (QED) is 0.920. The largest absolute Gasteiger partial charge is 0.347 e. The van der Waals surface area contributed by atoms with Gasteiger partial charge in [0, 0.05) is 25.9 Å². The molecule has 0 saturated carbocycles. The molecule has 0 fully saturated rings. The van der Waals surface area contributed by atoms with Crippen LogP contribution in [0.2, 0.25) is 0 Å². The molecule has 0 unspecified atom stereocenters. The summed E-state index contributed by atoms with van der Waals surface area (Å²) in [7, 11) is 3.68. The number of hydrogen-bond donors (Lipinski definition) is 1. The average Bonchev–Trinajstić information content (AvgIpc) is 2.45. The van der Waals surface area contributed by atoms with Crippen LogP contribution >= 0.6 is 0 Å². The molecule has 1 N–H and O–H groups in total. The van der Waals surface area contributed by atoms with E-state index in [0.29, 0.717) is 11.6 Å². The first-order valence-electron chi connectivity index (χ1n) is 6.09. The Labute approximate surface area is 116 Å². The Bertz CT molecular complexity index is 616. The zero-order valence-electron chi connectivity index (χ0n) is 11.3. The Hall–Kier alpha value is -2.50. The molecule has 1 aromatic heterocycles. The Morgan fingerprint density at radius 1 is 1.35 bits per heavy atom. The third-order valence-corrected chi connectivity index (χ3v) is 2.62. The van der Waals surface area contributed by atoms with Crippen molar-refractivity contribution in [1.82, 2.24) is 15.3 Å². The van der Waals surface area contributed by atoms with Crippen LogP contribution in [0.15, 0.2) is 36.5 Å². The van der Waals surface area contributed by atoms with Crippen LogP contribution in [0, 0.1) is 5.82 Å². The summed E-state index contributed by atoms with van der Waals surface area (Å²) in [5.74, 6) is -0.202. The molecule has 2 rings (SSSR count). The first kappa shape index (κ1) is 13.9. The average molecular weight is 274 g/mol. The lowest BCUT2D eigenvalue weighted by Gasteiger charge is -2.11. The molecular formula is C14H15FN4O. The van der Waals surface area contributed by atoms with Crippen LogP contribution in [0.1, 0.15) is 16.1 Å². The third kappa shape index (κ3) is 3.50. The van der Waals surface area contributed by atoms with E-state index in [1.54, 1.807) is 23.2 Å². The van der Waals surface area contributed by atoms with Crippen LogP contribution in [-0.2, 0) is 6.54 Å². The van der Waals surface area contributed by atoms with Crippen molar-refractivity contribution < 1.29 is 9.18 Å². The molecule has 6 heteroatoms. The number of nitrogens with zero attached hydrogens (tertiary/aromatic N) is 3. The Balaban J connectivity index is 2.02. The minimum absolute atomic E-state index is 0.263. The first-order valence-corrected chi connectivity index (χ1v) is 6.09. The molecule has 0 aliphatic rings. The molecule has 1 heterocycles. The van der Waals surface area contributed by atoms with Crippen molar-refractivity contribution in [3.63, 3.8) is 0 Å². The Morgan fingerprint density at radius 2 is 2.15 bits per heavy atom. The van der Waals surface area contributed by atoms with Gasteiger partial charge >= 0.3 is 0 Å². The summed E-state index contributed by atoms with van der Waals surface area (Å²) >= 11 is 0. The summed E-state index contributed by atoms with van der Waals surface area (Å²) in [5.41, 5.74) is 0.973. The predicted octanol–water partition coefficient (Wildman–Crippen LogP) is 1.61. The number of rotatable bonds is 4. The highest BCUT2D eigenvalue weighted by atomic mass is 19.1. The van der Waals surface area contributed by atoms with Crippen molar-refractivity contribution in [3.05, 3.63) is 53.6 Å². The number of benzene rings is 1. The zero-order chi connectivity index (χ0) is 14.5. The molecular weight excluding hydrogens is 259 g/mol. The van der Waals surface area contributed by atoms with E-state index in [1.807, 2.05) is 14.1 Å². The number of amides is 1. The van der Waals surface area contributed by atoms with Crippen LogP contribution in [-0.4, -0.2) is 30.0 Å². The molecule has 0 saturated heterocycles. The van der Waals surface area contributed by atoms with E-state index in [2.05, 4.69) is 15.3 Å². The molecule has 0 bridgehead atoms. The molecule has 0 aliphatic carbocycles. The zero-order valence-corrected chi connectivity index (χ0v) is 11.3. The van der Waals surface area contributed by atoms with Gasteiger partial charge in [0.05, 0.1) is 12.2 Å². The fourth-order valence-electron chi connectivity index (χ4n) is 1.60. The van der Waals surface area contributed by atoms with E-state index < -0.39 is 5.82 Å². The number of aromatic nitrogens is 2. The molecule has 1 amide bonds. The van der Waals surface area contributed by atoms with Crippen molar-refractivity contribution in [2.75, 3.05) is 19.0 Å². The second-order valence-corrected chi connectivity index (χ2v) is 4.44. The third-order valence-electron chi connectivity index (χ3n) is 2.62. The highest BCUT2D eigenvalue weighted by molar-refractivity contribution is 5.94. The molecule has 5 nitrogen and oxygen atoms in total. The summed E-state index contributed by atoms with van der Waals surface area (Å²) in [6.45, 7) is 0.263. The Morgan fingerprint density at radius 3 is 2.85 bits per heavy atom. The second kappa shape index (κ2) is 6.10. The van der Waals surface area contributed by atoms with Crippen LogP contribution in [0.3, 0.4) is 0 Å². The second-order valence-electron chi connectivity index (χ2n) is 4.44. The van der Waals surface area contributed by atoms with Crippen molar-refractivity contribution >= 4 is 11.9 Å². The molecule has 0 radical (unpaired) electrons. The van der Waals surface area contributed by atoms with Gasteiger partial charge in [0.15, 0.2) is 0 Å². The molecule has 0 atom stereocenters. The maximum atomic E-state index is 13.0. The van der Waals surface area contributed by atoms with E-state index in [1.165, 1.54) is 18.2 Å². The van der Waals surface area contributed by atoms with Gasteiger partial charge in [0.1, 0.15) is 5.82 Å². The van der Waals surface area contributed by atoms with E-state index in [0.717, 1.165) is 0 Å². The standard InChI is InChI=1S/C14H15FN4O/c1-19(2)14-16-7-6-12(18-14)9-17-13(20)10-4-3-5-11(15)8-10/h3-8H,9H2,1-2H3,(H,17,20). The fourth-order valence-corrected chi connectivity index (χ4v) is 1.60. The Kier molecular flexibility index (Phi) is 4.24. The number of hydrogen-bond acceptors (Lipinski definition) is 4. The normalized spacial score (nSPS) is 10.2. The smallest absolute Gasteiger partial charge is 0.251 e. The lowest BCUT2D eigenvalue weighted by molar-refractivity contribution is 0.0950. The maximum Gasteiger partial charge on any atom is 0.251 e. The van der Waals surface area contributed by atoms with Crippen LogP contribution in [0.5, 0.6) is 0 Å². The highest BCUT2D eigenvalue weighted by Crippen LogP contribution is 2.05. The summed E-state index contributed by atoms with van der Waals surface area (Å²) in [6.07, 6.45) is 1.63. The predicted molar refractivity (Wildman–Crippen MR) is 73.9 cm³/mol. The first-order chi connectivity index (χ1) is 9.56. The van der Waals surface area contributed by atoms with E-state index in [9.17, 15) is 9.18 Å². The van der Waals surface area contributed by atoms with Gasteiger partial charge in [0.2, 0.25) is 5.95 Å². The van der Waals surface area contributed by atoms with Crippen LogP contribution < -0.4 is 10.2 Å². The maximum absolute atomic E-state index is 13.0. The lowest BCUT2D eigenvalue weighted by atomic mass is 10.2. The van der Waals surface area contributed by atoms with Gasteiger partial charge in [-0.25, -0.2) is 14.4 Å². The summed E-state index contributed by atoms with van der Waals surface area (Å²) in [5, 5.41) is 2.69. The minimum Gasteiger partial charge on any atom is -0.347 e. The number of halogens is 1. The van der Waals surface area contributed by atoms with E-state index >= 15 is 0 Å². The van der Waals surface area contributed by atoms with Gasteiger partial charge in [-0.3, -0.25) is 4.79 Å². The van der Waals surface area contributed by atoms with Crippen molar-refractivity contribution in [2.24, 2.45) is 0 Å². The summed E-state index contributed by atoms with van der Waals surface area (Å²) in [4.78, 5) is 22.0. The molecule has 0 aliphatic heterocycles. The number of carbonyl (C=O) groups excluding carboxylic acids is 1. The highest BCUT2D eigenvalue weighted by Gasteiger charge is 2.07. The minimum atomic E-state index is -0.436. The van der Waals surface area contributed by atoms with Gasteiger partial charge in [-0.2, -0.15) is 0 Å². The number of anilines is 1. The van der Waals surface area contributed by atoms with Gasteiger partial charge < -0.3 is 10.2 Å². The fraction of sp³-hybridized carbons (Fsp3) is 0.214. The molecule has 20 heavy (non-hydrogen) atoms. The number of nitrogens with one attached hydrogen (secondary N) is 1. The van der Waals surface area contributed by atoms with Crippen LogP contribution in [0.4, 0.5) is 10.3 Å². The van der Waals surface area contributed by atoms with E-state index in [4.69, 9.17) is 0 Å². The molecule has 0 spiro atoms. The van der Waals surface area contributed by atoms with Gasteiger partial charge in [0.25, 0.3) is 5.91 Å². The molecule has 104 valence electrons. The monoisotopic (exact) mass is 274 g/mol. The topological polar surface area (TPSA) is 58.1 Å². The lowest BCUT2D eigenvalue weighted by Crippen LogP contribution is -2.24.